The third-order valence-corrected chi connectivity index (χ3v) is 3.81. The van der Waals surface area contributed by atoms with E-state index in [1.807, 2.05) is 0 Å². The van der Waals surface area contributed by atoms with Crippen LogP contribution in [0.25, 0.3) is 0 Å². The SMILES string of the molecule is O=C(O)C1CCN(C(=O)CCC(=O)N2CCOCC2)C1. The maximum Gasteiger partial charge on any atom is 0.308 e. The van der Waals surface area contributed by atoms with Gasteiger partial charge in [-0.3, -0.25) is 14.4 Å². The monoisotopic (exact) mass is 284 g/mol. The summed E-state index contributed by atoms with van der Waals surface area (Å²) >= 11 is 0. The van der Waals surface area contributed by atoms with Crippen molar-refractivity contribution in [2.24, 2.45) is 5.92 Å². The predicted octanol–water partition coefficient (Wildman–Crippen LogP) is -0.441. The van der Waals surface area contributed by atoms with Crippen molar-refractivity contribution in [3.05, 3.63) is 0 Å². The van der Waals surface area contributed by atoms with Gasteiger partial charge in [-0.15, -0.1) is 0 Å². The fourth-order valence-electron chi connectivity index (χ4n) is 2.53. The van der Waals surface area contributed by atoms with Gasteiger partial charge in [0.2, 0.25) is 11.8 Å². The number of hydrogen-bond acceptors (Lipinski definition) is 4. The van der Waals surface area contributed by atoms with Gasteiger partial charge in [-0.25, -0.2) is 0 Å². The van der Waals surface area contributed by atoms with Gasteiger partial charge in [-0.2, -0.15) is 0 Å². The highest BCUT2D eigenvalue weighted by atomic mass is 16.5. The highest BCUT2D eigenvalue weighted by molar-refractivity contribution is 5.84. The third-order valence-electron chi connectivity index (χ3n) is 3.81. The number of carboxylic acids is 1. The molecule has 0 aromatic heterocycles. The van der Waals surface area contributed by atoms with Crippen molar-refractivity contribution in [2.45, 2.75) is 19.3 Å². The molecule has 2 aliphatic heterocycles. The van der Waals surface area contributed by atoms with Crippen molar-refractivity contribution in [3.8, 4) is 0 Å². The van der Waals surface area contributed by atoms with Crippen molar-refractivity contribution in [3.63, 3.8) is 0 Å². The molecular weight excluding hydrogens is 264 g/mol. The molecule has 2 heterocycles. The average Bonchev–Trinajstić information content (AvgIpc) is 2.95. The normalized spacial score (nSPS) is 22.9. The third kappa shape index (κ3) is 3.69. The van der Waals surface area contributed by atoms with Crippen LogP contribution >= 0.6 is 0 Å². The Bertz CT molecular complexity index is 392. The minimum Gasteiger partial charge on any atom is -0.481 e. The van der Waals surface area contributed by atoms with E-state index in [-0.39, 0.29) is 31.2 Å². The summed E-state index contributed by atoms with van der Waals surface area (Å²) in [6.07, 6.45) is 0.841. The summed E-state index contributed by atoms with van der Waals surface area (Å²) in [7, 11) is 0. The van der Waals surface area contributed by atoms with Crippen molar-refractivity contribution in [2.75, 3.05) is 39.4 Å². The molecule has 2 aliphatic rings. The van der Waals surface area contributed by atoms with E-state index in [9.17, 15) is 14.4 Å². The number of aliphatic carboxylic acids is 1. The number of carboxylic acid groups (broad SMARTS) is 1. The van der Waals surface area contributed by atoms with Gasteiger partial charge in [0.1, 0.15) is 0 Å². The van der Waals surface area contributed by atoms with Crippen LogP contribution in [0.5, 0.6) is 0 Å². The molecule has 1 atom stereocenters. The molecule has 7 heteroatoms. The number of morpholine rings is 1. The first-order chi connectivity index (χ1) is 9.58. The lowest BCUT2D eigenvalue weighted by atomic mass is 10.1. The summed E-state index contributed by atoms with van der Waals surface area (Å²) in [6, 6.07) is 0. The first-order valence-electron chi connectivity index (χ1n) is 6.94. The Morgan fingerprint density at radius 2 is 1.60 bits per heavy atom. The number of carbonyl (C=O) groups excluding carboxylic acids is 2. The minimum atomic E-state index is -0.857. The lowest BCUT2D eigenvalue weighted by Crippen LogP contribution is -2.41. The van der Waals surface area contributed by atoms with E-state index in [0.29, 0.717) is 39.3 Å². The maximum absolute atomic E-state index is 11.9. The van der Waals surface area contributed by atoms with Crippen LogP contribution in [0.15, 0.2) is 0 Å². The van der Waals surface area contributed by atoms with Crippen LogP contribution in [0, 0.1) is 5.92 Å². The smallest absolute Gasteiger partial charge is 0.308 e. The number of ether oxygens (including phenoxy) is 1. The fourth-order valence-corrected chi connectivity index (χ4v) is 2.53. The van der Waals surface area contributed by atoms with Crippen LogP contribution < -0.4 is 0 Å². The zero-order valence-corrected chi connectivity index (χ0v) is 11.4. The summed E-state index contributed by atoms with van der Waals surface area (Å²) in [4.78, 5) is 37.9. The molecule has 1 unspecified atom stereocenters. The van der Waals surface area contributed by atoms with E-state index in [0.717, 1.165) is 0 Å². The number of hydrogen-bond donors (Lipinski definition) is 1. The van der Waals surface area contributed by atoms with E-state index in [2.05, 4.69) is 0 Å². The Morgan fingerprint density at radius 1 is 1.00 bits per heavy atom. The molecule has 2 rings (SSSR count). The Kier molecular flexibility index (Phi) is 4.94. The van der Waals surface area contributed by atoms with Gasteiger partial charge in [0.15, 0.2) is 0 Å². The van der Waals surface area contributed by atoms with Gasteiger partial charge in [-0.05, 0) is 6.42 Å². The second-order valence-corrected chi connectivity index (χ2v) is 5.16. The van der Waals surface area contributed by atoms with Crippen molar-refractivity contribution < 1.29 is 24.2 Å². The molecule has 0 bridgehead atoms. The number of amides is 2. The van der Waals surface area contributed by atoms with Gasteiger partial charge in [-0.1, -0.05) is 0 Å². The van der Waals surface area contributed by atoms with Crippen LogP contribution in [0.1, 0.15) is 19.3 Å². The highest BCUT2D eigenvalue weighted by Crippen LogP contribution is 2.17. The lowest BCUT2D eigenvalue weighted by Gasteiger charge is -2.27. The number of nitrogens with zero attached hydrogens (tertiary/aromatic N) is 2. The number of carbonyl (C=O) groups is 3. The standard InChI is InChI=1S/C13H20N2O5/c16-11(14-5-7-20-8-6-14)1-2-12(17)15-4-3-10(9-15)13(18)19/h10H,1-9H2,(H,18,19). The Morgan fingerprint density at radius 3 is 2.15 bits per heavy atom. The molecular formula is C13H20N2O5. The highest BCUT2D eigenvalue weighted by Gasteiger charge is 2.31. The molecule has 0 radical (unpaired) electrons. The van der Waals surface area contributed by atoms with Gasteiger partial charge >= 0.3 is 5.97 Å². The molecule has 7 nitrogen and oxygen atoms in total. The molecule has 0 aliphatic carbocycles. The maximum atomic E-state index is 11.9. The second-order valence-electron chi connectivity index (χ2n) is 5.16. The molecule has 112 valence electrons. The first kappa shape index (κ1) is 14.8. The summed E-state index contributed by atoms with van der Waals surface area (Å²) in [6.45, 7) is 3.00. The summed E-state index contributed by atoms with van der Waals surface area (Å²) in [5, 5.41) is 8.89. The van der Waals surface area contributed by atoms with Crippen molar-refractivity contribution in [1.29, 1.82) is 0 Å². The number of rotatable bonds is 4. The second kappa shape index (κ2) is 6.69. The zero-order chi connectivity index (χ0) is 14.5. The predicted molar refractivity (Wildman–Crippen MR) is 69.0 cm³/mol. The van der Waals surface area contributed by atoms with E-state index < -0.39 is 11.9 Å². The minimum absolute atomic E-state index is 0.0318. The quantitative estimate of drug-likeness (QED) is 0.756. The average molecular weight is 284 g/mol. The molecule has 0 aromatic carbocycles. The Balaban J connectivity index is 1.72. The lowest BCUT2D eigenvalue weighted by molar-refractivity contribution is -0.142. The summed E-state index contributed by atoms with van der Waals surface area (Å²) < 4.78 is 5.17. The zero-order valence-electron chi connectivity index (χ0n) is 11.4. The van der Waals surface area contributed by atoms with Gasteiger partial charge < -0.3 is 19.6 Å². The van der Waals surface area contributed by atoms with Crippen molar-refractivity contribution >= 4 is 17.8 Å². The van der Waals surface area contributed by atoms with Crippen LogP contribution in [-0.2, 0) is 19.1 Å². The fraction of sp³-hybridized carbons (Fsp3) is 0.769. The van der Waals surface area contributed by atoms with E-state index in [4.69, 9.17) is 9.84 Å². The summed E-state index contributed by atoms with van der Waals surface area (Å²) in [5.41, 5.74) is 0. The van der Waals surface area contributed by atoms with Gasteiger partial charge in [0.25, 0.3) is 0 Å². The largest absolute Gasteiger partial charge is 0.481 e. The molecule has 2 amide bonds. The van der Waals surface area contributed by atoms with E-state index >= 15 is 0 Å². The molecule has 1 N–H and O–H groups in total. The molecule has 20 heavy (non-hydrogen) atoms. The van der Waals surface area contributed by atoms with Gasteiger partial charge in [0, 0.05) is 39.0 Å². The Hall–Kier alpha value is -1.63. The molecule has 0 spiro atoms. The van der Waals surface area contributed by atoms with Crippen LogP contribution in [0.2, 0.25) is 0 Å². The van der Waals surface area contributed by atoms with E-state index in [1.165, 1.54) is 0 Å². The molecule has 2 saturated heterocycles. The van der Waals surface area contributed by atoms with E-state index in [1.54, 1.807) is 9.80 Å². The van der Waals surface area contributed by atoms with Crippen LogP contribution in [-0.4, -0.2) is 72.1 Å². The summed E-state index contributed by atoms with van der Waals surface area (Å²) in [5.74, 6) is -1.48. The van der Waals surface area contributed by atoms with Crippen molar-refractivity contribution in [1.82, 2.24) is 9.80 Å². The molecule has 2 fully saturated rings. The first-order valence-corrected chi connectivity index (χ1v) is 6.94. The molecule has 0 saturated carbocycles. The van der Waals surface area contributed by atoms with Crippen LogP contribution in [0.4, 0.5) is 0 Å². The molecule has 0 aromatic rings. The van der Waals surface area contributed by atoms with Gasteiger partial charge in [0.05, 0.1) is 19.1 Å². The Labute approximate surface area is 117 Å². The topological polar surface area (TPSA) is 87.2 Å². The van der Waals surface area contributed by atoms with Crippen LogP contribution in [0.3, 0.4) is 0 Å². The number of likely N-dealkylation sites (tertiary alicyclic amines) is 1.